The molecule has 0 aliphatic heterocycles. The van der Waals surface area contributed by atoms with Crippen molar-refractivity contribution in [2.24, 2.45) is 12.8 Å². The molecule has 3 aromatic rings. The summed E-state index contributed by atoms with van der Waals surface area (Å²) in [6.45, 7) is 0. The number of terminal acetylenes is 1. The van der Waals surface area contributed by atoms with Gasteiger partial charge in [0.25, 0.3) is 5.91 Å². The molecular formula is C16H13N5O. The van der Waals surface area contributed by atoms with Crippen LogP contribution in [0.1, 0.15) is 16.1 Å². The molecule has 0 aliphatic rings. The van der Waals surface area contributed by atoms with E-state index in [-0.39, 0.29) is 5.69 Å². The number of nitrogens with zero attached hydrogens (tertiary/aromatic N) is 4. The van der Waals surface area contributed by atoms with Crippen LogP contribution in [0.4, 0.5) is 0 Å². The van der Waals surface area contributed by atoms with Crippen LogP contribution in [0.5, 0.6) is 0 Å². The van der Waals surface area contributed by atoms with E-state index >= 15 is 0 Å². The van der Waals surface area contributed by atoms with Crippen LogP contribution in [-0.2, 0) is 7.05 Å². The Morgan fingerprint density at radius 2 is 2.18 bits per heavy atom. The Morgan fingerprint density at radius 3 is 2.82 bits per heavy atom. The predicted octanol–water partition coefficient (Wildman–Crippen LogP) is 1.35. The molecule has 0 aliphatic carbocycles. The maximum absolute atomic E-state index is 11.7. The second-order valence-electron chi connectivity index (χ2n) is 4.80. The van der Waals surface area contributed by atoms with E-state index < -0.39 is 5.91 Å². The summed E-state index contributed by atoms with van der Waals surface area (Å²) in [5, 5.41) is 8.38. The largest absolute Gasteiger partial charge is 0.364 e. The zero-order chi connectivity index (χ0) is 15.7. The molecule has 1 amide bonds. The molecule has 0 unspecified atom stereocenters. The highest BCUT2D eigenvalue weighted by Gasteiger charge is 2.17. The number of nitrogens with two attached hydrogens (primary N) is 1. The van der Waals surface area contributed by atoms with Gasteiger partial charge < -0.3 is 5.73 Å². The van der Waals surface area contributed by atoms with Gasteiger partial charge in [-0.3, -0.25) is 9.48 Å². The number of primary amides is 1. The Balaban J connectivity index is 2.15. The minimum atomic E-state index is -0.592. The SMILES string of the molecule is C#Cc1cccc(-n2cc(-c3cnn(C)c3)c(C(N)=O)n2)c1. The summed E-state index contributed by atoms with van der Waals surface area (Å²) in [6, 6.07) is 7.32. The summed E-state index contributed by atoms with van der Waals surface area (Å²) in [7, 11) is 1.80. The summed E-state index contributed by atoms with van der Waals surface area (Å²) in [4.78, 5) is 11.7. The van der Waals surface area contributed by atoms with E-state index in [2.05, 4.69) is 16.1 Å². The minimum Gasteiger partial charge on any atom is -0.364 e. The highest BCUT2D eigenvalue weighted by atomic mass is 16.1. The number of benzene rings is 1. The Bertz CT molecular complexity index is 897. The average molecular weight is 291 g/mol. The van der Waals surface area contributed by atoms with Gasteiger partial charge in [-0.05, 0) is 18.2 Å². The molecule has 0 saturated heterocycles. The van der Waals surface area contributed by atoms with Crippen LogP contribution in [0.3, 0.4) is 0 Å². The number of carbonyl (C=O) groups is 1. The summed E-state index contributed by atoms with van der Waals surface area (Å²) in [6.07, 6.45) is 10.6. The van der Waals surface area contributed by atoms with Gasteiger partial charge in [-0.1, -0.05) is 12.0 Å². The van der Waals surface area contributed by atoms with Crippen LogP contribution in [-0.4, -0.2) is 25.5 Å². The van der Waals surface area contributed by atoms with E-state index in [1.807, 2.05) is 24.3 Å². The summed E-state index contributed by atoms with van der Waals surface area (Å²) >= 11 is 0. The first-order valence-corrected chi connectivity index (χ1v) is 6.54. The third-order valence-corrected chi connectivity index (χ3v) is 3.24. The van der Waals surface area contributed by atoms with Crippen LogP contribution < -0.4 is 5.73 Å². The molecule has 2 heterocycles. The lowest BCUT2D eigenvalue weighted by atomic mass is 10.1. The molecule has 3 rings (SSSR count). The summed E-state index contributed by atoms with van der Waals surface area (Å²) < 4.78 is 3.24. The van der Waals surface area contributed by atoms with Crippen molar-refractivity contribution in [1.29, 1.82) is 0 Å². The number of aryl methyl sites for hydroxylation is 1. The fraction of sp³-hybridized carbons (Fsp3) is 0.0625. The highest BCUT2D eigenvalue weighted by molar-refractivity contribution is 5.97. The van der Waals surface area contributed by atoms with Gasteiger partial charge >= 0.3 is 0 Å². The molecule has 0 bridgehead atoms. The average Bonchev–Trinajstić information content (AvgIpc) is 3.13. The molecule has 2 N–H and O–H groups in total. The summed E-state index contributed by atoms with van der Waals surface area (Å²) in [5.41, 5.74) is 8.52. The van der Waals surface area contributed by atoms with E-state index in [1.54, 1.807) is 35.0 Å². The molecule has 0 saturated carbocycles. The first-order chi connectivity index (χ1) is 10.6. The Hall–Kier alpha value is -3.33. The predicted molar refractivity (Wildman–Crippen MR) is 82.2 cm³/mol. The van der Waals surface area contributed by atoms with Crippen LogP contribution in [0, 0.1) is 12.3 Å². The Morgan fingerprint density at radius 1 is 1.36 bits per heavy atom. The number of hydrogen-bond donors (Lipinski definition) is 1. The first kappa shape index (κ1) is 13.6. The van der Waals surface area contributed by atoms with Gasteiger partial charge in [0.2, 0.25) is 0 Å². The highest BCUT2D eigenvalue weighted by Crippen LogP contribution is 2.24. The quantitative estimate of drug-likeness (QED) is 0.740. The van der Waals surface area contributed by atoms with Gasteiger partial charge in [-0.25, -0.2) is 4.68 Å². The van der Waals surface area contributed by atoms with Crippen LogP contribution in [0.25, 0.3) is 16.8 Å². The van der Waals surface area contributed by atoms with Crippen molar-refractivity contribution in [3.05, 3.63) is 54.1 Å². The van der Waals surface area contributed by atoms with E-state index in [0.717, 1.165) is 16.8 Å². The standard InChI is InChI=1S/C16H13N5O/c1-3-11-5-4-6-13(7-11)21-10-14(15(19-21)16(17)22)12-8-18-20(2)9-12/h1,4-10H,2H3,(H2,17,22). The van der Waals surface area contributed by atoms with Crippen molar-refractivity contribution in [1.82, 2.24) is 19.6 Å². The fourth-order valence-corrected chi connectivity index (χ4v) is 2.20. The van der Waals surface area contributed by atoms with Crippen molar-refractivity contribution in [3.8, 4) is 29.2 Å². The molecule has 0 spiro atoms. The molecular weight excluding hydrogens is 278 g/mol. The molecule has 0 fully saturated rings. The zero-order valence-electron chi connectivity index (χ0n) is 11.9. The number of aromatic nitrogens is 4. The second kappa shape index (κ2) is 5.22. The maximum Gasteiger partial charge on any atom is 0.269 e. The maximum atomic E-state index is 11.7. The lowest BCUT2D eigenvalue weighted by Gasteiger charge is -2.01. The van der Waals surface area contributed by atoms with Gasteiger partial charge in [0.15, 0.2) is 5.69 Å². The number of carbonyl (C=O) groups excluding carboxylic acids is 1. The monoisotopic (exact) mass is 291 g/mol. The van der Waals surface area contributed by atoms with Crippen LogP contribution >= 0.6 is 0 Å². The third-order valence-electron chi connectivity index (χ3n) is 3.24. The minimum absolute atomic E-state index is 0.194. The van der Waals surface area contributed by atoms with Gasteiger partial charge in [0, 0.05) is 36.1 Å². The van der Waals surface area contributed by atoms with Crippen molar-refractivity contribution in [2.75, 3.05) is 0 Å². The van der Waals surface area contributed by atoms with E-state index in [1.165, 1.54) is 0 Å². The van der Waals surface area contributed by atoms with Crippen molar-refractivity contribution < 1.29 is 4.79 Å². The molecule has 1 aromatic carbocycles. The van der Waals surface area contributed by atoms with Gasteiger partial charge in [-0.15, -0.1) is 6.42 Å². The lowest BCUT2D eigenvalue weighted by molar-refractivity contribution is 0.0996. The zero-order valence-corrected chi connectivity index (χ0v) is 11.9. The van der Waals surface area contributed by atoms with E-state index in [9.17, 15) is 4.79 Å². The summed E-state index contributed by atoms with van der Waals surface area (Å²) in [5.74, 6) is 1.98. The van der Waals surface area contributed by atoms with Crippen molar-refractivity contribution in [3.63, 3.8) is 0 Å². The molecule has 2 aromatic heterocycles. The smallest absolute Gasteiger partial charge is 0.269 e. The Labute approximate surface area is 127 Å². The van der Waals surface area contributed by atoms with Gasteiger partial charge in [-0.2, -0.15) is 10.2 Å². The molecule has 0 atom stereocenters. The van der Waals surface area contributed by atoms with E-state index in [4.69, 9.17) is 12.2 Å². The van der Waals surface area contributed by atoms with Gasteiger partial charge in [0.05, 0.1) is 11.9 Å². The molecule has 6 nitrogen and oxygen atoms in total. The lowest BCUT2D eigenvalue weighted by Crippen LogP contribution is -2.13. The number of hydrogen-bond acceptors (Lipinski definition) is 3. The molecule has 108 valence electrons. The van der Waals surface area contributed by atoms with Crippen molar-refractivity contribution in [2.45, 2.75) is 0 Å². The molecule has 0 radical (unpaired) electrons. The van der Waals surface area contributed by atoms with Crippen molar-refractivity contribution >= 4 is 5.91 Å². The normalized spacial score (nSPS) is 10.4. The van der Waals surface area contributed by atoms with E-state index in [0.29, 0.717) is 5.56 Å². The number of amides is 1. The topological polar surface area (TPSA) is 78.7 Å². The molecule has 22 heavy (non-hydrogen) atoms. The third kappa shape index (κ3) is 2.36. The number of rotatable bonds is 3. The fourth-order valence-electron chi connectivity index (χ4n) is 2.20. The second-order valence-corrected chi connectivity index (χ2v) is 4.80. The Kier molecular flexibility index (Phi) is 3.24. The first-order valence-electron chi connectivity index (χ1n) is 6.54. The van der Waals surface area contributed by atoms with Crippen LogP contribution in [0.15, 0.2) is 42.9 Å². The molecule has 6 heteroatoms. The van der Waals surface area contributed by atoms with Crippen LogP contribution in [0.2, 0.25) is 0 Å². The van der Waals surface area contributed by atoms with Gasteiger partial charge in [0.1, 0.15) is 0 Å².